The summed E-state index contributed by atoms with van der Waals surface area (Å²) in [6, 6.07) is 0. The SMILES string of the molecule is CC1CC(=O)C(CC(C)(C)O)C1(C)C. The molecule has 1 rings (SSSR count). The molecule has 0 bridgehead atoms. The van der Waals surface area contributed by atoms with Crippen molar-refractivity contribution in [3.05, 3.63) is 0 Å². The van der Waals surface area contributed by atoms with Crippen molar-refractivity contribution in [2.24, 2.45) is 17.3 Å². The lowest BCUT2D eigenvalue weighted by Gasteiger charge is -2.33. The van der Waals surface area contributed by atoms with Gasteiger partial charge in [0, 0.05) is 12.3 Å². The number of hydrogen-bond acceptors (Lipinski definition) is 2. The Morgan fingerprint density at radius 3 is 2.29 bits per heavy atom. The predicted molar refractivity (Wildman–Crippen MR) is 57.0 cm³/mol. The molecule has 1 aliphatic carbocycles. The Morgan fingerprint density at radius 1 is 1.50 bits per heavy atom. The molecule has 14 heavy (non-hydrogen) atoms. The topological polar surface area (TPSA) is 37.3 Å². The normalized spacial score (nSPS) is 32.3. The van der Waals surface area contributed by atoms with Gasteiger partial charge in [0.05, 0.1) is 5.60 Å². The van der Waals surface area contributed by atoms with E-state index in [9.17, 15) is 9.90 Å². The van der Waals surface area contributed by atoms with E-state index in [0.717, 1.165) is 0 Å². The average molecular weight is 198 g/mol. The first kappa shape index (κ1) is 11.7. The van der Waals surface area contributed by atoms with Crippen LogP contribution in [0.2, 0.25) is 0 Å². The summed E-state index contributed by atoms with van der Waals surface area (Å²) in [6.07, 6.45) is 1.26. The number of hydrogen-bond donors (Lipinski definition) is 1. The van der Waals surface area contributed by atoms with E-state index in [1.54, 1.807) is 13.8 Å². The molecule has 82 valence electrons. The maximum absolute atomic E-state index is 11.8. The molecule has 2 nitrogen and oxygen atoms in total. The van der Waals surface area contributed by atoms with Crippen LogP contribution < -0.4 is 0 Å². The van der Waals surface area contributed by atoms with E-state index in [-0.39, 0.29) is 11.3 Å². The quantitative estimate of drug-likeness (QED) is 0.739. The van der Waals surface area contributed by atoms with Gasteiger partial charge in [-0.05, 0) is 31.6 Å². The highest BCUT2D eigenvalue weighted by Crippen LogP contribution is 2.47. The lowest BCUT2D eigenvalue weighted by Crippen LogP contribution is -2.33. The summed E-state index contributed by atoms with van der Waals surface area (Å²) in [5.41, 5.74) is -0.696. The Labute approximate surface area is 86.7 Å². The van der Waals surface area contributed by atoms with Gasteiger partial charge < -0.3 is 5.11 Å². The Kier molecular flexibility index (Phi) is 2.79. The van der Waals surface area contributed by atoms with Crippen LogP contribution in [-0.2, 0) is 4.79 Å². The highest BCUT2D eigenvalue weighted by molar-refractivity contribution is 5.84. The first-order valence-corrected chi connectivity index (χ1v) is 5.39. The molecule has 0 radical (unpaired) electrons. The van der Waals surface area contributed by atoms with E-state index in [4.69, 9.17) is 0 Å². The van der Waals surface area contributed by atoms with E-state index in [0.29, 0.717) is 24.5 Å². The molecular weight excluding hydrogens is 176 g/mol. The van der Waals surface area contributed by atoms with Crippen LogP contribution >= 0.6 is 0 Å². The van der Waals surface area contributed by atoms with Gasteiger partial charge in [-0.3, -0.25) is 4.79 Å². The summed E-state index contributed by atoms with van der Waals surface area (Å²) in [6.45, 7) is 9.96. The molecular formula is C12H22O2. The van der Waals surface area contributed by atoms with Crippen molar-refractivity contribution in [2.75, 3.05) is 0 Å². The van der Waals surface area contributed by atoms with Gasteiger partial charge in [0.2, 0.25) is 0 Å². The summed E-state index contributed by atoms with van der Waals surface area (Å²) < 4.78 is 0. The fourth-order valence-corrected chi connectivity index (χ4v) is 2.34. The standard InChI is InChI=1S/C12H22O2/c1-8-6-10(13)9(12(8,4)5)7-11(2,3)14/h8-9,14H,6-7H2,1-5H3. The number of aliphatic hydroxyl groups is 1. The molecule has 0 aromatic carbocycles. The first-order valence-electron chi connectivity index (χ1n) is 5.39. The van der Waals surface area contributed by atoms with Crippen LogP contribution in [0.1, 0.15) is 47.5 Å². The third-order valence-corrected chi connectivity index (χ3v) is 3.77. The Balaban J connectivity index is 2.82. The average Bonchev–Trinajstić information content (AvgIpc) is 2.11. The fourth-order valence-electron chi connectivity index (χ4n) is 2.34. The zero-order chi connectivity index (χ0) is 11.1. The third kappa shape index (κ3) is 2.17. The molecule has 1 aliphatic rings. The van der Waals surface area contributed by atoms with Gasteiger partial charge in [0.15, 0.2) is 0 Å². The smallest absolute Gasteiger partial charge is 0.136 e. The molecule has 2 atom stereocenters. The minimum absolute atomic E-state index is 0.0255. The monoisotopic (exact) mass is 198 g/mol. The van der Waals surface area contributed by atoms with Crippen molar-refractivity contribution in [3.63, 3.8) is 0 Å². The van der Waals surface area contributed by atoms with Crippen LogP contribution in [0.5, 0.6) is 0 Å². The van der Waals surface area contributed by atoms with Crippen LogP contribution in [0.15, 0.2) is 0 Å². The van der Waals surface area contributed by atoms with Crippen molar-refractivity contribution in [1.29, 1.82) is 0 Å². The summed E-state index contributed by atoms with van der Waals surface area (Å²) >= 11 is 0. The van der Waals surface area contributed by atoms with Gasteiger partial charge in [-0.1, -0.05) is 20.8 Å². The van der Waals surface area contributed by atoms with Crippen molar-refractivity contribution in [3.8, 4) is 0 Å². The summed E-state index contributed by atoms with van der Waals surface area (Å²) in [5.74, 6) is 0.782. The fraction of sp³-hybridized carbons (Fsp3) is 0.917. The van der Waals surface area contributed by atoms with Crippen LogP contribution in [-0.4, -0.2) is 16.5 Å². The maximum Gasteiger partial charge on any atom is 0.136 e. The summed E-state index contributed by atoms with van der Waals surface area (Å²) in [4.78, 5) is 11.8. The van der Waals surface area contributed by atoms with Crippen LogP contribution in [0, 0.1) is 17.3 Å². The maximum atomic E-state index is 11.8. The molecule has 1 N–H and O–H groups in total. The van der Waals surface area contributed by atoms with E-state index in [2.05, 4.69) is 20.8 Å². The second-order valence-electron chi connectivity index (χ2n) is 5.96. The van der Waals surface area contributed by atoms with E-state index >= 15 is 0 Å². The Hall–Kier alpha value is -0.370. The second-order valence-corrected chi connectivity index (χ2v) is 5.96. The van der Waals surface area contributed by atoms with Gasteiger partial charge >= 0.3 is 0 Å². The van der Waals surface area contributed by atoms with Crippen LogP contribution in [0.25, 0.3) is 0 Å². The molecule has 0 saturated heterocycles. The van der Waals surface area contributed by atoms with Crippen molar-refractivity contribution in [2.45, 2.75) is 53.1 Å². The van der Waals surface area contributed by atoms with Gasteiger partial charge in [-0.2, -0.15) is 0 Å². The molecule has 0 heterocycles. The first-order chi connectivity index (χ1) is 6.14. The van der Waals surface area contributed by atoms with Gasteiger partial charge in [-0.25, -0.2) is 0 Å². The zero-order valence-electron chi connectivity index (χ0n) is 9.92. The number of ketones is 1. The second kappa shape index (κ2) is 3.34. The highest BCUT2D eigenvalue weighted by atomic mass is 16.3. The highest BCUT2D eigenvalue weighted by Gasteiger charge is 2.47. The molecule has 1 saturated carbocycles. The molecule has 2 unspecified atom stereocenters. The number of carbonyl (C=O) groups is 1. The largest absolute Gasteiger partial charge is 0.390 e. The van der Waals surface area contributed by atoms with Gasteiger partial charge in [0.1, 0.15) is 5.78 Å². The van der Waals surface area contributed by atoms with Crippen molar-refractivity contribution < 1.29 is 9.90 Å². The van der Waals surface area contributed by atoms with Crippen molar-refractivity contribution in [1.82, 2.24) is 0 Å². The molecule has 0 aromatic rings. The lowest BCUT2D eigenvalue weighted by molar-refractivity contribution is -0.124. The summed E-state index contributed by atoms with van der Waals surface area (Å²) in [5, 5.41) is 9.76. The zero-order valence-corrected chi connectivity index (χ0v) is 9.92. The van der Waals surface area contributed by atoms with E-state index in [1.165, 1.54) is 0 Å². The Bertz CT molecular complexity index is 235. The number of carbonyl (C=O) groups excluding carboxylic acids is 1. The van der Waals surface area contributed by atoms with E-state index in [1.807, 2.05) is 0 Å². The van der Waals surface area contributed by atoms with Crippen LogP contribution in [0.4, 0.5) is 0 Å². The van der Waals surface area contributed by atoms with Gasteiger partial charge in [0.25, 0.3) is 0 Å². The van der Waals surface area contributed by atoms with Gasteiger partial charge in [-0.15, -0.1) is 0 Å². The molecule has 1 fully saturated rings. The Morgan fingerprint density at radius 2 is 2.00 bits per heavy atom. The molecule has 2 heteroatoms. The third-order valence-electron chi connectivity index (χ3n) is 3.77. The minimum atomic E-state index is -0.734. The number of rotatable bonds is 2. The van der Waals surface area contributed by atoms with E-state index < -0.39 is 5.60 Å². The van der Waals surface area contributed by atoms with Crippen LogP contribution in [0.3, 0.4) is 0 Å². The molecule has 0 spiro atoms. The minimum Gasteiger partial charge on any atom is -0.390 e. The molecule has 0 aromatic heterocycles. The van der Waals surface area contributed by atoms with Crippen molar-refractivity contribution >= 4 is 5.78 Å². The molecule has 0 aliphatic heterocycles. The lowest BCUT2D eigenvalue weighted by atomic mass is 9.72. The predicted octanol–water partition coefficient (Wildman–Crippen LogP) is 2.40. The summed E-state index contributed by atoms with van der Waals surface area (Å²) in [7, 11) is 0. The number of Topliss-reactive ketones (excluding diaryl/α,β-unsaturated/α-hetero) is 1. The molecule has 0 amide bonds.